The third kappa shape index (κ3) is 5.56. The van der Waals surface area contributed by atoms with Gasteiger partial charge in [0.05, 0.1) is 25.3 Å². The Hall–Kier alpha value is -3.04. The molecular weight excluding hydrogens is 390 g/mol. The number of ether oxygens (including phenoxy) is 1. The molecule has 31 heavy (non-hydrogen) atoms. The summed E-state index contributed by atoms with van der Waals surface area (Å²) in [7, 11) is 1.59. The van der Waals surface area contributed by atoms with Crippen LogP contribution >= 0.6 is 0 Å². The number of hydrogen-bond donors (Lipinski definition) is 1. The molecule has 0 atom stereocenters. The van der Waals surface area contributed by atoms with E-state index in [9.17, 15) is 4.79 Å². The second-order valence-corrected chi connectivity index (χ2v) is 7.79. The lowest BCUT2D eigenvalue weighted by molar-refractivity contribution is -0.128. The Morgan fingerprint density at radius 3 is 2.29 bits per heavy atom. The molecule has 2 N–H and O–H groups in total. The van der Waals surface area contributed by atoms with Gasteiger partial charge in [-0.25, -0.2) is 0 Å². The minimum absolute atomic E-state index is 0.0903. The van der Waals surface area contributed by atoms with E-state index in [-0.39, 0.29) is 12.5 Å². The summed E-state index contributed by atoms with van der Waals surface area (Å²) in [6.45, 7) is 1.99. The zero-order chi connectivity index (χ0) is 22.1. The number of amides is 1. The van der Waals surface area contributed by atoms with Crippen molar-refractivity contribution in [3.8, 4) is 11.8 Å². The van der Waals surface area contributed by atoms with Crippen LogP contribution in [0.25, 0.3) is 21.9 Å². The summed E-state index contributed by atoms with van der Waals surface area (Å²) < 4.78 is 11.0. The molecule has 1 aromatic heterocycles. The van der Waals surface area contributed by atoms with Gasteiger partial charge in [-0.1, -0.05) is 50.3 Å². The molecule has 1 amide bonds. The Morgan fingerprint density at radius 1 is 1.06 bits per heavy atom. The number of likely N-dealkylation sites (tertiary alicyclic amines) is 1. The maximum Gasteiger partial charge on any atom is 0.236 e. The highest BCUT2D eigenvalue weighted by molar-refractivity contribution is 6.09. The van der Waals surface area contributed by atoms with Gasteiger partial charge < -0.3 is 19.8 Å². The molecule has 6 nitrogen and oxygen atoms in total. The molecular formula is C25H31N3O3. The van der Waals surface area contributed by atoms with Gasteiger partial charge in [0, 0.05) is 23.9 Å². The third-order valence-electron chi connectivity index (χ3n) is 5.71. The molecule has 1 aliphatic carbocycles. The Kier molecular flexibility index (Phi) is 8.31. The van der Waals surface area contributed by atoms with E-state index in [4.69, 9.17) is 20.1 Å². The normalized spacial score (nSPS) is 15.1. The molecule has 3 aromatic rings. The van der Waals surface area contributed by atoms with E-state index >= 15 is 0 Å². The van der Waals surface area contributed by atoms with Crippen molar-refractivity contribution >= 4 is 27.8 Å². The number of fused-ring (bicyclic) bond motifs is 3. The number of methoxy groups -OCH3 is 1. The first-order valence-electron chi connectivity index (χ1n) is 11.1. The fourth-order valence-electron chi connectivity index (χ4n) is 4.04. The van der Waals surface area contributed by atoms with E-state index in [0.717, 1.165) is 42.3 Å². The van der Waals surface area contributed by atoms with Crippen LogP contribution in [-0.2, 0) is 4.79 Å². The van der Waals surface area contributed by atoms with Crippen molar-refractivity contribution in [3.63, 3.8) is 0 Å². The summed E-state index contributed by atoms with van der Waals surface area (Å²) in [5.41, 5.74) is 7.16. The first-order valence-corrected chi connectivity index (χ1v) is 11.1. The van der Waals surface area contributed by atoms with Crippen molar-refractivity contribution in [1.82, 2.24) is 4.90 Å². The van der Waals surface area contributed by atoms with Crippen LogP contribution < -0.4 is 10.5 Å². The van der Waals surface area contributed by atoms with Gasteiger partial charge in [0.25, 0.3) is 0 Å². The first kappa shape index (κ1) is 22.6. The van der Waals surface area contributed by atoms with Crippen molar-refractivity contribution in [3.05, 3.63) is 42.0 Å². The molecule has 0 spiro atoms. The molecule has 2 aromatic carbocycles. The van der Waals surface area contributed by atoms with Crippen LogP contribution in [0.1, 0.15) is 50.5 Å². The van der Waals surface area contributed by atoms with Crippen molar-refractivity contribution < 1.29 is 13.9 Å². The summed E-state index contributed by atoms with van der Waals surface area (Å²) in [6.07, 6.45) is 9.79. The number of nitriles is 1. The topological polar surface area (TPSA) is 92.5 Å². The van der Waals surface area contributed by atoms with Crippen LogP contribution in [0.15, 0.2) is 40.8 Å². The van der Waals surface area contributed by atoms with Gasteiger partial charge in [-0.2, -0.15) is 5.26 Å². The maximum absolute atomic E-state index is 10.8. The monoisotopic (exact) mass is 421 g/mol. The average molecular weight is 422 g/mol. The minimum Gasteiger partial charge on any atom is -0.493 e. The summed E-state index contributed by atoms with van der Waals surface area (Å²) in [4.78, 5) is 12.6. The summed E-state index contributed by atoms with van der Waals surface area (Å²) in [5, 5.41) is 10.9. The van der Waals surface area contributed by atoms with Crippen LogP contribution in [0.4, 0.5) is 0 Å². The average Bonchev–Trinajstić information content (AvgIpc) is 3.60. The molecule has 5 rings (SSSR count). The molecule has 2 fully saturated rings. The van der Waals surface area contributed by atoms with Crippen molar-refractivity contribution in [2.45, 2.75) is 44.9 Å². The number of carbonyl (C=O) groups is 1. The molecule has 0 bridgehead atoms. The minimum atomic E-state index is 0.0903. The predicted molar refractivity (Wildman–Crippen MR) is 123 cm³/mol. The zero-order valence-electron chi connectivity index (χ0n) is 18.2. The Bertz CT molecular complexity index is 1030. The van der Waals surface area contributed by atoms with Gasteiger partial charge in [-0.15, -0.1) is 0 Å². The lowest BCUT2D eigenvalue weighted by Gasteiger charge is -2.12. The highest BCUT2D eigenvalue weighted by Crippen LogP contribution is 2.36. The SMILES string of the molecule is C1CCCC1.COc1ccc(C#N)c2c1oc1ccccc12.NCC(=O)N1CCCC1. The molecule has 1 aliphatic heterocycles. The fraction of sp³-hybridized carbons (Fsp3) is 0.440. The zero-order valence-corrected chi connectivity index (χ0v) is 18.2. The third-order valence-corrected chi connectivity index (χ3v) is 5.71. The number of nitrogens with two attached hydrogens (primary N) is 1. The van der Waals surface area contributed by atoms with Gasteiger partial charge in [0.1, 0.15) is 5.58 Å². The van der Waals surface area contributed by atoms with E-state index in [0.29, 0.717) is 16.9 Å². The molecule has 6 heteroatoms. The largest absolute Gasteiger partial charge is 0.493 e. The quantitative estimate of drug-likeness (QED) is 0.630. The lowest BCUT2D eigenvalue weighted by atomic mass is 10.1. The fourth-order valence-corrected chi connectivity index (χ4v) is 4.04. The number of para-hydroxylation sites is 1. The number of benzene rings is 2. The molecule has 2 heterocycles. The van der Waals surface area contributed by atoms with Gasteiger partial charge in [-0.05, 0) is 31.0 Å². The van der Waals surface area contributed by atoms with Crippen LogP contribution in [0.5, 0.6) is 5.75 Å². The van der Waals surface area contributed by atoms with E-state index in [1.807, 2.05) is 29.2 Å². The van der Waals surface area contributed by atoms with E-state index in [1.165, 1.54) is 32.1 Å². The van der Waals surface area contributed by atoms with Crippen LogP contribution in [0, 0.1) is 11.3 Å². The second-order valence-electron chi connectivity index (χ2n) is 7.79. The summed E-state index contributed by atoms with van der Waals surface area (Å²) in [6, 6.07) is 13.4. The Labute approximate surface area is 183 Å². The molecule has 0 unspecified atom stereocenters. The standard InChI is InChI=1S/C14H9NO2.C6H12N2O.C5H10/c1-16-12-7-6-9(8-15)13-10-4-2-3-5-11(10)17-14(12)13;7-5-6(9)8-3-1-2-4-8;1-2-4-5-3-1/h2-7H,1H3;1-5,7H2;1-5H2. The number of hydrogen-bond acceptors (Lipinski definition) is 5. The number of rotatable bonds is 2. The maximum atomic E-state index is 10.8. The first-order chi connectivity index (χ1) is 15.2. The van der Waals surface area contributed by atoms with Crippen LogP contribution in [0.2, 0.25) is 0 Å². The van der Waals surface area contributed by atoms with Crippen molar-refractivity contribution in [2.24, 2.45) is 5.73 Å². The second kappa shape index (κ2) is 11.4. The smallest absolute Gasteiger partial charge is 0.236 e. The Balaban J connectivity index is 0.000000162. The molecule has 1 saturated heterocycles. The summed E-state index contributed by atoms with van der Waals surface area (Å²) in [5.74, 6) is 0.739. The number of furan rings is 1. The van der Waals surface area contributed by atoms with Crippen LogP contribution in [0.3, 0.4) is 0 Å². The van der Waals surface area contributed by atoms with Crippen LogP contribution in [-0.4, -0.2) is 37.6 Å². The highest BCUT2D eigenvalue weighted by atomic mass is 16.5. The Morgan fingerprint density at radius 2 is 1.71 bits per heavy atom. The summed E-state index contributed by atoms with van der Waals surface area (Å²) >= 11 is 0. The predicted octanol–water partition coefficient (Wildman–Crippen LogP) is 4.98. The van der Waals surface area contributed by atoms with Gasteiger partial charge in [0.15, 0.2) is 11.3 Å². The highest BCUT2D eigenvalue weighted by Gasteiger charge is 2.15. The van der Waals surface area contributed by atoms with Crippen molar-refractivity contribution in [1.29, 1.82) is 5.26 Å². The van der Waals surface area contributed by atoms with Gasteiger partial charge in [0.2, 0.25) is 5.91 Å². The molecule has 164 valence electrons. The molecule has 0 radical (unpaired) electrons. The van der Waals surface area contributed by atoms with Gasteiger partial charge >= 0.3 is 0 Å². The van der Waals surface area contributed by atoms with Crippen molar-refractivity contribution in [2.75, 3.05) is 26.7 Å². The lowest BCUT2D eigenvalue weighted by Crippen LogP contribution is -2.33. The van der Waals surface area contributed by atoms with E-state index in [2.05, 4.69) is 6.07 Å². The van der Waals surface area contributed by atoms with Gasteiger partial charge in [-0.3, -0.25) is 4.79 Å². The molecule has 2 aliphatic rings. The molecule has 1 saturated carbocycles. The number of carbonyl (C=O) groups excluding carboxylic acids is 1. The van der Waals surface area contributed by atoms with E-state index < -0.39 is 0 Å². The van der Waals surface area contributed by atoms with E-state index in [1.54, 1.807) is 19.2 Å². The number of nitrogens with zero attached hydrogens (tertiary/aromatic N) is 2.